The lowest BCUT2D eigenvalue weighted by atomic mass is 10.2. The van der Waals surface area contributed by atoms with Crippen LogP contribution in [0.4, 0.5) is 0 Å². The molecule has 0 aliphatic carbocycles. The van der Waals surface area contributed by atoms with E-state index in [1.165, 1.54) is 11.4 Å². The highest BCUT2D eigenvalue weighted by Gasteiger charge is 2.27. The molecule has 110 valence electrons. The van der Waals surface area contributed by atoms with Crippen molar-refractivity contribution < 1.29 is 22.7 Å². The van der Waals surface area contributed by atoms with Crippen molar-refractivity contribution in [1.82, 2.24) is 9.21 Å². The maximum Gasteiger partial charge on any atom is 0.306 e. The minimum atomic E-state index is -3.18. The molecule has 0 N–H and O–H groups in total. The van der Waals surface area contributed by atoms with Crippen molar-refractivity contribution in [2.45, 2.75) is 19.8 Å². The molecule has 1 rings (SSSR count). The third-order valence-electron chi connectivity index (χ3n) is 3.12. The number of hydrogen-bond acceptors (Lipinski definition) is 5. The molecule has 0 aromatic rings. The molecule has 0 unspecified atom stereocenters. The molecular weight excluding hydrogens is 272 g/mol. The lowest BCUT2D eigenvalue weighted by Crippen LogP contribution is -2.50. The molecule has 8 heteroatoms. The summed E-state index contributed by atoms with van der Waals surface area (Å²) in [6.07, 6.45) is 0.163. The van der Waals surface area contributed by atoms with Crippen LogP contribution < -0.4 is 0 Å². The van der Waals surface area contributed by atoms with Gasteiger partial charge in [-0.25, -0.2) is 8.42 Å². The summed E-state index contributed by atoms with van der Waals surface area (Å²) >= 11 is 0. The van der Waals surface area contributed by atoms with Crippen molar-refractivity contribution in [3.05, 3.63) is 0 Å². The first-order chi connectivity index (χ1) is 8.90. The summed E-state index contributed by atoms with van der Waals surface area (Å²) in [6.45, 7) is 2.99. The van der Waals surface area contributed by atoms with E-state index in [-0.39, 0.29) is 24.5 Å². The normalized spacial score (nSPS) is 17.3. The van der Waals surface area contributed by atoms with Crippen LogP contribution in [-0.4, -0.2) is 68.5 Å². The summed E-state index contributed by atoms with van der Waals surface area (Å²) in [4.78, 5) is 24.3. The van der Waals surface area contributed by atoms with Crippen molar-refractivity contribution in [3.8, 4) is 0 Å². The Morgan fingerprint density at radius 1 is 1.11 bits per heavy atom. The Morgan fingerprint density at radius 2 is 1.68 bits per heavy atom. The molecule has 0 atom stereocenters. The number of piperazine rings is 1. The molecule has 1 saturated heterocycles. The van der Waals surface area contributed by atoms with E-state index in [1.807, 2.05) is 0 Å². The first-order valence-electron chi connectivity index (χ1n) is 6.23. The molecule has 19 heavy (non-hydrogen) atoms. The van der Waals surface area contributed by atoms with Crippen LogP contribution in [0.1, 0.15) is 19.8 Å². The van der Waals surface area contributed by atoms with E-state index in [9.17, 15) is 18.0 Å². The summed E-state index contributed by atoms with van der Waals surface area (Å²) in [5.41, 5.74) is 0. The Balaban J connectivity index is 2.41. The zero-order valence-electron chi connectivity index (χ0n) is 11.3. The van der Waals surface area contributed by atoms with Crippen molar-refractivity contribution in [1.29, 1.82) is 0 Å². The Hall–Kier alpha value is -1.15. The number of hydrogen-bond donors (Lipinski definition) is 0. The SMILES string of the molecule is CCS(=O)(=O)N1CCN(C(=O)CCC(=O)OC)CC1. The summed E-state index contributed by atoms with van der Waals surface area (Å²) in [7, 11) is -1.90. The van der Waals surface area contributed by atoms with E-state index in [1.54, 1.807) is 11.8 Å². The molecule has 0 spiro atoms. The van der Waals surface area contributed by atoms with Gasteiger partial charge in [-0.05, 0) is 6.92 Å². The zero-order valence-corrected chi connectivity index (χ0v) is 12.1. The van der Waals surface area contributed by atoms with Gasteiger partial charge in [-0.15, -0.1) is 0 Å². The quantitative estimate of drug-likeness (QED) is 0.634. The van der Waals surface area contributed by atoms with Crippen LogP contribution in [0.15, 0.2) is 0 Å². The van der Waals surface area contributed by atoms with E-state index < -0.39 is 16.0 Å². The van der Waals surface area contributed by atoms with Gasteiger partial charge in [-0.2, -0.15) is 4.31 Å². The molecule has 1 aliphatic rings. The Labute approximate surface area is 113 Å². The first kappa shape index (κ1) is 15.9. The van der Waals surface area contributed by atoms with E-state index in [4.69, 9.17) is 0 Å². The third kappa shape index (κ3) is 4.46. The zero-order chi connectivity index (χ0) is 14.5. The van der Waals surface area contributed by atoms with Gasteiger partial charge in [0.25, 0.3) is 0 Å². The van der Waals surface area contributed by atoms with Crippen molar-refractivity contribution in [3.63, 3.8) is 0 Å². The summed E-state index contributed by atoms with van der Waals surface area (Å²) in [5, 5.41) is 0. The first-order valence-corrected chi connectivity index (χ1v) is 7.84. The van der Waals surface area contributed by atoms with Crippen LogP contribution in [0.3, 0.4) is 0 Å². The second-order valence-corrected chi connectivity index (χ2v) is 6.51. The van der Waals surface area contributed by atoms with Crippen LogP contribution >= 0.6 is 0 Å². The Kier molecular flexibility index (Phi) is 5.74. The molecule has 0 aromatic carbocycles. The minimum absolute atomic E-state index is 0.0583. The highest BCUT2D eigenvalue weighted by Crippen LogP contribution is 2.09. The number of esters is 1. The molecule has 1 amide bonds. The monoisotopic (exact) mass is 292 g/mol. The highest BCUT2D eigenvalue weighted by atomic mass is 32.2. The number of nitrogens with zero attached hydrogens (tertiary/aromatic N) is 2. The van der Waals surface area contributed by atoms with E-state index in [2.05, 4.69) is 4.74 Å². The fourth-order valence-corrected chi connectivity index (χ4v) is 2.95. The fraction of sp³-hybridized carbons (Fsp3) is 0.818. The molecule has 1 aliphatic heterocycles. The Morgan fingerprint density at radius 3 is 2.16 bits per heavy atom. The maximum absolute atomic E-state index is 11.8. The van der Waals surface area contributed by atoms with Gasteiger partial charge in [0.15, 0.2) is 0 Å². The molecule has 1 heterocycles. The number of amides is 1. The van der Waals surface area contributed by atoms with Gasteiger partial charge in [0.1, 0.15) is 0 Å². The lowest BCUT2D eigenvalue weighted by Gasteiger charge is -2.33. The van der Waals surface area contributed by atoms with Crippen LogP contribution in [0, 0.1) is 0 Å². The smallest absolute Gasteiger partial charge is 0.306 e. The van der Waals surface area contributed by atoms with Gasteiger partial charge in [0, 0.05) is 32.6 Å². The van der Waals surface area contributed by atoms with Crippen molar-refractivity contribution in [2.75, 3.05) is 39.0 Å². The van der Waals surface area contributed by atoms with Crippen LogP contribution in [0.5, 0.6) is 0 Å². The Bertz CT molecular complexity index is 426. The second-order valence-electron chi connectivity index (χ2n) is 4.26. The van der Waals surface area contributed by atoms with Crippen LogP contribution in [-0.2, 0) is 24.3 Å². The van der Waals surface area contributed by atoms with Gasteiger partial charge in [0.2, 0.25) is 15.9 Å². The summed E-state index contributed by atoms with van der Waals surface area (Å²) in [6, 6.07) is 0. The highest BCUT2D eigenvalue weighted by molar-refractivity contribution is 7.89. The van der Waals surface area contributed by atoms with Crippen molar-refractivity contribution >= 4 is 21.9 Å². The molecule has 0 radical (unpaired) electrons. The van der Waals surface area contributed by atoms with Gasteiger partial charge < -0.3 is 9.64 Å². The summed E-state index contributed by atoms with van der Waals surface area (Å²) < 4.78 is 29.2. The van der Waals surface area contributed by atoms with Gasteiger partial charge in [0.05, 0.1) is 19.3 Å². The topological polar surface area (TPSA) is 84.0 Å². The molecule has 0 aromatic heterocycles. The molecule has 0 bridgehead atoms. The predicted octanol–water partition coefficient (Wildman–Crippen LogP) is -0.566. The molecular formula is C11H20N2O5S. The second kappa shape index (κ2) is 6.85. The average Bonchev–Trinajstić information content (AvgIpc) is 2.44. The minimum Gasteiger partial charge on any atom is -0.469 e. The lowest BCUT2D eigenvalue weighted by molar-refractivity contribution is -0.143. The number of methoxy groups -OCH3 is 1. The number of sulfonamides is 1. The largest absolute Gasteiger partial charge is 0.469 e. The maximum atomic E-state index is 11.8. The standard InChI is InChI=1S/C11H20N2O5S/c1-3-19(16,17)13-8-6-12(7-9-13)10(14)4-5-11(15)18-2/h3-9H2,1-2H3. The van der Waals surface area contributed by atoms with Crippen LogP contribution in [0.2, 0.25) is 0 Å². The van der Waals surface area contributed by atoms with E-state index in [0.717, 1.165) is 0 Å². The molecule has 7 nitrogen and oxygen atoms in total. The summed E-state index contributed by atoms with van der Waals surface area (Å²) in [5.74, 6) is -0.483. The number of ether oxygens (including phenoxy) is 1. The predicted molar refractivity (Wildman–Crippen MR) is 68.9 cm³/mol. The number of carbonyl (C=O) groups excluding carboxylic acids is 2. The average molecular weight is 292 g/mol. The molecule has 1 fully saturated rings. The van der Waals surface area contributed by atoms with E-state index >= 15 is 0 Å². The van der Waals surface area contributed by atoms with Gasteiger partial charge >= 0.3 is 5.97 Å². The van der Waals surface area contributed by atoms with E-state index in [0.29, 0.717) is 26.2 Å². The molecule has 0 saturated carbocycles. The number of rotatable bonds is 5. The van der Waals surface area contributed by atoms with Gasteiger partial charge in [-0.1, -0.05) is 0 Å². The third-order valence-corrected chi connectivity index (χ3v) is 5.00. The fourth-order valence-electron chi connectivity index (χ4n) is 1.87. The van der Waals surface area contributed by atoms with Gasteiger partial charge in [-0.3, -0.25) is 9.59 Å². The van der Waals surface area contributed by atoms with Crippen LogP contribution in [0.25, 0.3) is 0 Å². The number of carbonyl (C=O) groups is 2. The van der Waals surface area contributed by atoms with Crippen molar-refractivity contribution in [2.24, 2.45) is 0 Å².